The third kappa shape index (κ3) is 5.71. The van der Waals surface area contributed by atoms with Crippen molar-refractivity contribution in [1.29, 1.82) is 0 Å². The number of hydrogen-bond acceptors (Lipinski definition) is 5. The molecule has 24 heavy (non-hydrogen) atoms. The highest BCUT2D eigenvalue weighted by molar-refractivity contribution is 5.91. The van der Waals surface area contributed by atoms with E-state index < -0.39 is 6.09 Å². The number of methoxy groups -OCH3 is 1. The van der Waals surface area contributed by atoms with Crippen LogP contribution in [0.1, 0.15) is 12.8 Å². The van der Waals surface area contributed by atoms with Crippen LogP contribution in [0.25, 0.3) is 0 Å². The van der Waals surface area contributed by atoms with Gasteiger partial charge in [0.15, 0.2) is 0 Å². The highest BCUT2D eigenvalue weighted by Gasteiger charge is 2.21. The summed E-state index contributed by atoms with van der Waals surface area (Å²) in [4.78, 5) is 25.4. The SMILES string of the molecule is COCCOC(=O)Nc1cccc(NC(=O)N2CCC(O)CC2)c1. The minimum Gasteiger partial charge on any atom is -0.447 e. The molecule has 0 aromatic heterocycles. The lowest BCUT2D eigenvalue weighted by Gasteiger charge is -2.29. The number of piperidine rings is 1. The van der Waals surface area contributed by atoms with Crippen LogP contribution in [0.3, 0.4) is 0 Å². The molecule has 8 nitrogen and oxygen atoms in total. The van der Waals surface area contributed by atoms with Crippen molar-refractivity contribution in [1.82, 2.24) is 4.90 Å². The number of rotatable bonds is 5. The van der Waals surface area contributed by atoms with E-state index in [1.807, 2.05) is 0 Å². The van der Waals surface area contributed by atoms with Crippen LogP contribution >= 0.6 is 0 Å². The van der Waals surface area contributed by atoms with Gasteiger partial charge in [0.25, 0.3) is 0 Å². The van der Waals surface area contributed by atoms with Gasteiger partial charge in [-0.1, -0.05) is 6.07 Å². The Bertz CT molecular complexity index is 558. The molecule has 2 rings (SSSR count). The molecule has 0 bridgehead atoms. The van der Waals surface area contributed by atoms with Gasteiger partial charge in [-0.05, 0) is 31.0 Å². The highest BCUT2D eigenvalue weighted by atomic mass is 16.6. The Kier molecular flexibility index (Phi) is 6.83. The van der Waals surface area contributed by atoms with Crippen molar-refractivity contribution in [2.24, 2.45) is 0 Å². The van der Waals surface area contributed by atoms with E-state index >= 15 is 0 Å². The normalized spacial score (nSPS) is 15.0. The van der Waals surface area contributed by atoms with Crippen LogP contribution < -0.4 is 10.6 Å². The molecule has 8 heteroatoms. The summed E-state index contributed by atoms with van der Waals surface area (Å²) in [7, 11) is 1.52. The van der Waals surface area contributed by atoms with Gasteiger partial charge in [-0.3, -0.25) is 5.32 Å². The van der Waals surface area contributed by atoms with Crippen molar-refractivity contribution < 1.29 is 24.2 Å². The van der Waals surface area contributed by atoms with E-state index in [0.717, 1.165) is 0 Å². The molecule has 0 aliphatic carbocycles. The summed E-state index contributed by atoms with van der Waals surface area (Å²) in [5.41, 5.74) is 1.09. The molecule has 1 aliphatic rings. The van der Waals surface area contributed by atoms with Crippen molar-refractivity contribution in [2.45, 2.75) is 18.9 Å². The maximum atomic E-state index is 12.2. The molecular weight excluding hydrogens is 314 g/mol. The average Bonchev–Trinajstić information content (AvgIpc) is 2.56. The number of aliphatic hydroxyl groups is 1. The molecule has 1 aromatic carbocycles. The smallest absolute Gasteiger partial charge is 0.411 e. The number of anilines is 2. The molecule has 0 radical (unpaired) electrons. The van der Waals surface area contributed by atoms with E-state index in [9.17, 15) is 14.7 Å². The van der Waals surface area contributed by atoms with Gasteiger partial charge in [-0.25, -0.2) is 9.59 Å². The van der Waals surface area contributed by atoms with Gasteiger partial charge in [0.2, 0.25) is 0 Å². The highest BCUT2D eigenvalue weighted by Crippen LogP contribution is 2.17. The molecule has 0 atom stereocenters. The maximum Gasteiger partial charge on any atom is 0.411 e. The Hall–Kier alpha value is -2.32. The summed E-state index contributed by atoms with van der Waals surface area (Å²) < 4.78 is 9.71. The van der Waals surface area contributed by atoms with Crippen LogP contribution in [0.4, 0.5) is 21.0 Å². The van der Waals surface area contributed by atoms with Crippen molar-refractivity contribution in [3.8, 4) is 0 Å². The minimum atomic E-state index is -0.583. The maximum absolute atomic E-state index is 12.2. The Morgan fingerprint density at radius 3 is 2.54 bits per heavy atom. The third-order valence-corrected chi connectivity index (χ3v) is 3.63. The van der Waals surface area contributed by atoms with Crippen molar-refractivity contribution in [3.63, 3.8) is 0 Å². The lowest BCUT2D eigenvalue weighted by Crippen LogP contribution is -2.42. The number of nitrogens with zero attached hydrogens (tertiary/aromatic N) is 1. The molecule has 3 amide bonds. The fourth-order valence-electron chi connectivity index (χ4n) is 2.32. The zero-order valence-electron chi connectivity index (χ0n) is 13.7. The summed E-state index contributed by atoms with van der Waals surface area (Å²) in [6, 6.07) is 6.58. The first kappa shape index (κ1) is 18.0. The summed E-state index contributed by atoms with van der Waals surface area (Å²) in [6.45, 7) is 1.54. The monoisotopic (exact) mass is 337 g/mol. The van der Waals surface area contributed by atoms with Crippen molar-refractivity contribution in [3.05, 3.63) is 24.3 Å². The Morgan fingerprint density at radius 2 is 1.88 bits per heavy atom. The standard InChI is InChI=1S/C16H23N3O5/c1-23-9-10-24-16(22)18-13-4-2-3-12(11-13)17-15(21)19-7-5-14(20)6-8-19/h2-4,11,14,20H,5-10H2,1H3,(H,17,21)(H,18,22). The number of urea groups is 1. The predicted octanol–water partition coefficient (Wildman–Crippen LogP) is 1.87. The Balaban J connectivity index is 1.85. The number of amides is 3. The second-order valence-corrected chi connectivity index (χ2v) is 5.48. The van der Waals surface area contributed by atoms with Crippen molar-refractivity contribution >= 4 is 23.5 Å². The van der Waals surface area contributed by atoms with Gasteiger partial charge >= 0.3 is 12.1 Å². The molecule has 1 aliphatic heterocycles. The van der Waals surface area contributed by atoms with Crippen LogP contribution in [0, 0.1) is 0 Å². The van der Waals surface area contributed by atoms with Gasteiger partial charge in [-0.2, -0.15) is 0 Å². The largest absolute Gasteiger partial charge is 0.447 e. The van der Waals surface area contributed by atoms with Gasteiger partial charge in [0.1, 0.15) is 6.61 Å². The second-order valence-electron chi connectivity index (χ2n) is 5.48. The molecular formula is C16H23N3O5. The second kappa shape index (κ2) is 9.09. The quantitative estimate of drug-likeness (QED) is 0.712. The number of benzene rings is 1. The zero-order chi connectivity index (χ0) is 17.4. The molecule has 1 saturated heterocycles. The Labute approximate surface area is 140 Å². The van der Waals surface area contributed by atoms with Crippen LogP contribution in [0.15, 0.2) is 24.3 Å². The number of nitrogens with one attached hydrogen (secondary N) is 2. The third-order valence-electron chi connectivity index (χ3n) is 3.63. The fourth-order valence-corrected chi connectivity index (χ4v) is 2.32. The zero-order valence-corrected chi connectivity index (χ0v) is 13.7. The summed E-state index contributed by atoms with van der Waals surface area (Å²) in [5.74, 6) is 0. The Morgan fingerprint density at radius 1 is 1.21 bits per heavy atom. The molecule has 0 saturated carbocycles. The molecule has 1 fully saturated rings. The first-order valence-corrected chi connectivity index (χ1v) is 7.85. The van der Waals surface area contributed by atoms with E-state index in [1.54, 1.807) is 29.2 Å². The van der Waals surface area contributed by atoms with Crippen LogP contribution in [0.5, 0.6) is 0 Å². The van der Waals surface area contributed by atoms with E-state index in [1.165, 1.54) is 7.11 Å². The number of aliphatic hydroxyl groups excluding tert-OH is 1. The summed E-state index contributed by atoms with van der Waals surface area (Å²) >= 11 is 0. The molecule has 1 heterocycles. The number of likely N-dealkylation sites (tertiary alicyclic amines) is 1. The molecule has 1 aromatic rings. The van der Waals surface area contributed by atoms with Gasteiger partial charge < -0.3 is 24.8 Å². The number of carbonyl (C=O) groups excluding carboxylic acids is 2. The molecule has 0 unspecified atom stereocenters. The fraction of sp³-hybridized carbons (Fsp3) is 0.500. The van der Waals surface area contributed by atoms with E-state index in [2.05, 4.69) is 10.6 Å². The number of hydrogen-bond donors (Lipinski definition) is 3. The minimum absolute atomic E-state index is 0.166. The van der Waals surface area contributed by atoms with Gasteiger partial charge in [-0.15, -0.1) is 0 Å². The van der Waals surface area contributed by atoms with Gasteiger partial charge in [0.05, 0.1) is 12.7 Å². The predicted molar refractivity (Wildman–Crippen MR) is 89.1 cm³/mol. The summed E-state index contributed by atoms with van der Waals surface area (Å²) in [6.07, 6.45) is 0.260. The number of carbonyl (C=O) groups is 2. The molecule has 3 N–H and O–H groups in total. The first-order valence-electron chi connectivity index (χ1n) is 7.85. The van der Waals surface area contributed by atoms with Crippen LogP contribution in [0.2, 0.25) is 0 Å². The molecule has 132 valence electrons. The van der Waals surface area contributed by atoms with Crippen LogP contribution in [-0.4, -0.2) is 61.6 Å². The average molecular weight is 337 g/mol. The van der Waals surface area contributed by atoms with E-state index in [-0.39, 0.29) is 18.7 Å². The van der Waals surface area contributed by atoms with Crippen molar-refractivity contribution in [2.75, 3.05) is 44.0 Å². The number of ether oxygens (including phenoxy) is 2. The summed E-state index contributed by atoms with van der Waals surface area (Å²) in [5, 5.41) is 14.8. The van der Waals surface area contributed by atoms with E-state index in [4.69, 9.17) is 9.47 Å². The molecule has 0 spiro atoms. The van der Waals surface area contributed by atoms with Gasteiger partial charge in [0, 0.05) is 31.6 Å². The lowest BCUT2D eigenvalue weighted by atomic mass is 10.1. The first-order chi connectivity index (χ1) is 11.6. The lowest BCUT2D eigenvalue weighted by molar-refractivity contribution is 0.0972. The van der Waals surface area contributed by atoms with E-state index in [0.29, 0.717) is 43.9 Å². The topological polar surface area (TPSA) is 100 Å². The van der Waals surface area contributed by atoms with Crippen LogP contribution in [-0.2, 0) is 9.47 Å².